The van der Waals surface area contributed by atoms with E-state index in [-0.39, 0.29) is 11.7 Å². The predicted molar refractivity (Wildman–Crippen MR) is 84.4 cm³/mol. The maximum atomic E-state index is 13.8. The largest absolute Gasteiger partial charge is 0.322 e. The Morgan fingerprint density at radius 1 is 1.45 bits per heavy atom. The van der Waals surface area contributed by atoms with Gasteiger partial charge in [-0.1, -0.05) is 25.5 Å². The van der Waals surface area contributed by atoms with Crippen LogP contribution >= 0.6 is 0 Å². The van der Waals surface area contributed by atoms with Crippen LogP contribution in [0.4, 0.5) is 10.1 Å². The summed E-state index contributed by atoms with van der Waals surface area (Å²) in [6.45, 7) is 5.44. The molecule has 1 aromatic heterocycles. The minimum Gasteiger partial charge on any atom is -0.322 e. The molecule has 0 aliphatic rings. The first-order valence-electron chi connectivity index (χ1n) is 7.26. The summed E-state index contributed by atoms with van der Waals surface area (Å²) < 4.78 is 15.3. The zero-order valence-corrected chi connectivity index (χ0v) is 13.1. The zero-order chi connectivity index (χ0) is 16.3. The highest BCUT2D eigenvalue weighted by Crippen LogP contribution is 2.21. The van der Waals surface area contributed by atoms with E-state index in [9.17, 15) is 9.18 Å². The number of nitrogens with two attached hydrogens (primary N) is 1. The van der Waals surface area contributed by atoms with E-state index < -0.39 is 5.54 Å². The second kappa shape index (κ2) is 6.27. The van der Waals surface area contributed by atoms with Crippen LogP contribution in [-0.2, 0) is 4.79 Å². The van der Waals surface area contributed by atoms with Gasteiger partial charge in [0.05, 0.1) is 23.1 Å². The molecule has 118 valence electrons. The van der Waals surface area contributed by atoms with E-state index in [1.807, 2.05) is 6.92 Å². The maximum Gasteiger partial charge on any atom is 0.244 e. The van der Waals surface area contributed by atoms with Crippen molar-refractivity contribution in [3.63, 3.8) is 0 Å². The van der Waals surface area contributed by atoms with Gasteiger partial charge in [0.1, 0.15) is 11.5 Å². The molecule has 1 amide bonds. The average molecular weight is 304 g/mol. The molecule has 2 aromatic rings. The van der Waals surface area contributed by atoms with Gasteiger partial charge < -0.3 is 11.1 Å². The van der Waals surface area contributed by atoms with Crippen LogP contribution in [0.3, 0.4) is 0 Å². The third-order valence-corrected chi connectivity index (χ3v) is 3.63. The Morgan fingerprint density at radius 2 is 2.14 bits per heavy atom. The van der Waals surface area contributed by atoms with Crippen molar-refractivity contribution < 1.29 is 9.18 Å². The molecular formula is C16H21FN4O. The lowest BCUT2D eigenvalue weighted by atomic mass is 9.96. The number of nitrogens with one attached hydrogen (secondary N) is 1. The topological polar surface area (TPSA) is 72.9 Å². The van der Waals surface area contributed by atoms with Crippen LogP contribution in [0.25, 0.3) is 5.69 Å². The highest BCUT2D eigenvalue weighted by molar-refractivity contribution is 5.97. The molecule has 1 aromatic carbocycles. The summed E-state index contributed by atoms with van der Waals surface area (Å²) in [5, 5.41) is 6.92. The highest BCUT2D eigenvalue weighted by atomic mass is 19.1. The van der Waals surface area contributed by atoms with Crippen molar-refractivity contribution in [1.82, 2.24) is 9.78 Å². The number of anilines is 1. The van der Waals surface area contributed by atoms with E-state index in [1.54, 1.807) is 32.0 Å². The Labute approximate surface area is 129 Å². The van der Waals surface area contributed by atoms with Crippen LogP contribution in [0, 0.1) is 12.7 Å². The molecule has 5 nitrogen and oxygen atoms in total. The van der Waals surface area contributed by atoms with Crippen molar-refractivity contribution in [3.8, 4) is 5.69 Å². The highest BCUT2D eigenvalue weighted by Gasteiger charge is 2.28. The monoisotopic (exact) mass is 304 g/mol. The second-order valence-electron chi connectivity index (χ2n) is 5.63. The average Bonchev–Trinajstić information content (AvgIpc) is 2.81. The van der Waals surface area contributed by atoms with Gasteiger partial charge in [0, 0.05) is 0 Å². The van der Waals surface area contributed by atoms with Crippen molar-refractivity contribution in [3.05, 3.63) is 42.0 Å². The molecule has 0 saturated carbocycles. The fourth-order valence-electron chi connectivity index (χ4n) is 2.30. The molecule has 1 unspecified atom stereocenters. The van der Waals surface area contributed by atoms with Gasteiger partial charge in [0.25, 0.3) is 0 Å². The number of carbonyl (C=O) groups is 1. The molecule has 2 rings (SSSR count). The number of amides is 1. The third-order valence-electron chi connectivity index (χ3n) is 3.63. The summed E-state index contributed by atoms with van der Waals surface area (Å²) in [6.07, 6.45) is 2.90. The zero-order valence-electron chi connectivity index (χ0n) is 13.1. The standard InChI is InChI=1S/C16H21FN4O/c1-4-9-16(3,18)15(22)20-13-10-19-21(11(13)2)14-8-6-5-7-12(14)17/h5-8,10H,4,9,18H2,1-3H3,(H,20,22). The molecule has 1 atom stereocenters. The smallest absolute Gasteiger partial charge is 0.244 e. The van der Waals surface area contributed by atoms with Gasteiger partial charge in [0.15, 0.2) is 0 Å². The van der Waals surface area contributed by atoms with Crippen LogP contribution < -0.4 is 11.1 Å². The minimum atomic E-state index is -0.943. The normalized spacial score (nSPS) is 13.7. The first-order valence-corrected chi connectivity index (χ1v) is 7.26. The van der Waals surface area contributed by atoms with Gasteiger partial charge >= 0.3 is 0 Å². The minimum absolute atomic E-state index is 0.273. The molecule has 0 aliphatic heterocycles. The number of hydrogen-bond donors (Lipinski definition) is 2. The summed E-state index contributed by atoms with van der Waals surface area (Å²) in [4.78, 5) is 12.2. The van der Waals surface area contributed by atoms with Crippen LogP contribution in [0.5, 0.6) is 0 Å². The van der Waals surface area contributed by atoms with E-state index in [4.69, 9.17) is 5.73 Å². The number of nitrogens with zero attached hydrogens (tertiary/aromatic N) is 2. The molecule has 22 heavy (non-hydrogen) atoms. The third kappa shape index (κ3) is 3.17. The molecule has 0 spiro atoms. The van der Waals surface area contributed by atoms with E-state index in [0.717, 1.165) is 6.42 Å². The second-order valence-corrected chi connectivity index (χ2v) is 5.63. The van der Waals surface area contributed by atoms with E-state index in [0.29, 0.717) is 23.5 Å². The summed E-state index contributed by atoms with van der Waals surface area (Å²) in [5.74, 6) is -0.647. The summed E-state index contributed by atoms with van der Waals surface area (Å²) >= 11 is 0. The Bertz CT molecular complexity index is 679. The lowest BCUT2D eigenvalue weighted by molar-refractivity contribution is -0.120. The first kappa shape index (κ1) is 16.2. The van der Waals surface area contributed by atoms with Crippen molar-refractivity contribution in [2.24, 2.45) is 5.73 Å². The van der Waals surface area contributed by atoms with Gasteiger partial charge in [0.2, 0.25) is 5.91 Å². The van der Waals surface area contributed by atoms with Crippen LogP contribution in [0.15, 0.2) is 30.5 Å². The Kier molecular flexibility index (Phi) is 4.61. The van der Waals surface area contributed by atoms with Crippen LogP contribution in [-0.4, -0.2) is 21.2 Å². The van der Waals surface area contributed by atoms with Crippen molar-refractivity contribution in [1.29, 1.82) is 0 Å². The summed E-state index contributed by atoms with van der Waals surface area (Å²) in [7, 11) is 0. The first-order chi connectivity index (χ1) is 10.4. The van der Waals surface area contributed by atoms with Gasteiger partial charge in [-0.3, -0.25) is 4.79 Å². The SMILES string of the molecule is CCCC(C)(N)C(=O)Nc1cnn(-c2ccccc2F)c1C. The van der Waals surface area contributed by atoms with E-state index in [2.05, 4.69) is 10.4 Å². The molecule has 0 radical (unpaired) electrons. The molecule has 0 aliphatic carbocycles. The Hall–Kier alpha value is -2.21. The molecule has 3 N–H and O–H groups in total. The lowest BCUT2D eigenvalue weighted by Gasteiger charge is -2.22. The van der Waals surface area contributed by atoms with Crippen molar-refractivity contribution >= 4 is 11.6 Å². The number of benzene rings is 1. The number of hydrogen-bond acceptors (Lipinski definition) is 3. The summed E-state index contributed by atoms with van der Waals surface area (Å²) in [5.41, 5.74) is 6.58. The number of para-hydroxylation sites is 1. The van der Waals surface area contributed by atoms with E-state index in [1.165, 1.54) is 16.9 Å². The maximum absolute atomic E-state index is 13.8. The predicted octanol–water partition coefficient (Wildman–Crippen LogP) is 2.78. The lowest BCUT2D eigenvalue weighted by Crippen LogP contribution is -2.48. The fraction of sp³-hybridized carbons (Fsp3) is 0.375. The van der Waals surface area contributed by atoms with Crippen molar-refractivity contribution in [2.75, 3.05) is 5.32 Å². The van der Waals surface area contributed by atoms with Gasteiger partial charge in [-0.05, 0) is 32.4 Å². The van der Waals surface area contributed by atoms with E-state index >= 15 is 0 Å². The molecule has 6 heteroatoms. The quantitative estimate of drug-likeness (QED) is 0.892. The Balaban J connectivity index is 2.26. The Morgan fingerprint density at radius 3 is 2.77 bits per heavy atom. The van der Waals surface area contributed by atoms with Gasteiger partial charge in [-0.25, -0.2) is 9.07 Å². The summed E-state index contributed by atoms with van der Waals surface area (Å²) in [6, 6.07) is 6.35. The molecular weight excluding hydrogens is 283 g/mol. The molecule has 0 bridgehead atoms. The van der Waals surface area contributed by atoms with Crippen LogP contribution in [0.2, 0.25) is 0 Å². The molecule has 0 saturated heterocycles. The number of aromatic nitrogens is 2. The molecule has 0 fully saturated rings. The van der Waals surface area contributed by atoms with Gasteiger partial charge in [-0.15, -0.1) is 0 Å². The number of rotatable bonds is 5. The molecule has 1 heterocycles. The number of carbonyl (C=O) groups excluding carboxylic acids is 1. The van der Waals surface area contributed by atoms with Crippen molar-refractivity contribution in [2.45, 2.75) is 39.2 Å². The fourth-order valence-corrected chi connectivity index (χ4v) is 2.30. The van der Waals surface area contributed by atoms with Gasteiger partial charge in [-0.2, -0.15) is 5.10 Å². The van der Waals surface area contributed by atoms with Crippen LogP contribution in [0.1, 0.15) is 32.4 Å². The number of halogens is 1.